The Labute approximate surface area is 101 Å². The van der Waals surface area contributed by atoms with Crippen LogP contribution in [0.15, 0.2) is 30.3 Å². The highest BCUT2D eigenvalue weighted by Crippen LogP contribution is 2.28. The van der Waals surface area contributed by atoms with E-state index in [1.54, 1.807) is 0 Å². The fraction of sp³-hybridized carbons (Fsp3) is 0.214. The fourth-order valence-corrected chi connectivity index (χ4v) is 1.65. The van der Waals surface area contributed by atoms with Crippen LogP contribution in [0, 0.1) is 20.8 Å². The maximum Gasteiger partial charge on any atom is 0.219 e. The topological polar surface area (TPSA) is 48.1 Å². The van der Waals surface area contributed by atoms with Crippen molar-refractivity contribution in [3.05, 3.63) is 47.2 Å². The highest BCUT2D eigenvalue weighted by molar-refractivity contribution is 5.54. The van der Waals surface area contributed by atoms with Crippen LogP contribution >= 0.6 is 0 Å². The number of ether oxygens (including phenoxy) is 1. The first-order chi connectivity index (χ1) is 8.06. The molecule has 17 heavy (non-hydrogen) atoms. The molecule has 3 heteroatoms. The first kappa shape index (κ1) is 11.5. The molecule has 0 spiro atoms. The number of nitrogens with two attached hydrogens (primary N) is 1. The Morgan fingerprint density at radius 3 is 2.53 bits per heavy atom. The van der Waals surface area contributed by atoms with Crippen LogP contribution < -0.4 is 10.5 Å². The zero-order valence-corrected chi connectivity index (χ0v) is 10.3. The van der Waals surface area contributed by atoms with E-state index >= 15 is 0 Å². The Hall–Kier alpha value is -2.03. The molecule has 88 valence electrons. The van der Waals surface area contributed by atoms with E-state index in [0.29, 0.717) is 5.88 Å². The van der Waals surface area contributed by atoms with Gasteiger partial charge in [-0.2, -0.15) is 0 Å². The monoisotopic (exact) mass is 228 g/mol. The van der Waals surface area contributed by atoms with Gasteiger partial charge in [-0.25, -0.2) is 4.98 Å². The Balaban J connectivity index is 2.33. The zero-order chi connectivity index (χ0) is 12.4. The van der Waals surface area contributed by atoms with Gasteiger partial charge in [-0.05, 0) is 38.0 Å². The summed E-state index contributed by atoms with van der Waals surface area (Å²) in [6.07, 6.45) is 0. The van der Waals surface area contributed by atoms with E-state index in [2.05, 4.69) is 4.98 Å². The van der Waals surface area contributed by atoms with Crippen molar-refractivity contribution in [3.63, 3.8) is 0 Å². The molecule has 2 rings (SSSR count). The van der Waals surface area contributed by atoms with Crippen LogP contribution in [0.2, 0.25) is 0 Å². The summed E-state index contributed by atoms with van der Waals surface area (Å²) in [5.74, 6) is 1.35. The molecule has 3 nitrogen and oxygen atoms in total. The molecule has 0 amide bonds. The first-order valence-electron chi connectivity index (χ1n) is 5.54. The summed E-state index contributed by atoms with van der Waals surface area (Å²) in [5.41, 5.74) is 9.66. The molecule has 0 unspecified atom stereocenters. The van der Waals surface area contributed by atoms with Gasteiger partial charge in [0.2, 0.25) is 5.88 Å². The summed E-state index contributed by atoms with van der Waals surface area (Å²) in [6, 6.07) is 9.55. The van der Waals surface area contributed by atoms with Gasteiger partial charge >= 0.3 is 0 Å². The first-order valence-corrected chi connectivity index (χ1v) is 5.54. The van der Waals surface area contributed by atoms with Crippen LogP contribution in [0.25, 0.3) is 0 Å². The molecule has 1 aromatic heterocycles. The molecule has 0 radical (unpaired) electrons. The maximum absolute atomic E-state index is 5.87. The number of hydrogen-bond acceptors (Lipinski definition) is 3. The number of aromatic nitrogens is 1. The van der Waals surface area contributed by atoms with Gasteiger partial charge < -0.3 is 10.5 Å². The van der Waals surface area contributed by atoms with Gasteiger partial charge in [0.05, 0.1) is 0 Å². The lowest BCUT2D eigenvalue weighted by molar-refractivity contribution is 0.458. The van der Waals surface area contributed by atoms with E-state index in [-0.39, 0.29) is 0 Å². The number of pyridine rings is 1. The summed E-state index contributed by atoms with van der Waals surface area (Å²) in [4.78, 5) is 4.30. The van der Waals surface area contributed by atoms with Crippen molar-refractivity contribution in [1.29, 1.82) is 0 Å². The maximum atomic E-state index is 5.87. The van der Waals surface area contributed by atoms with Crippen molar-refractivity contribution in [2.75, 3.05) is 5.73 Å². The number of nitrogens with zero attached hydrogens (tertiary/aromatic N) is 1. The molecule has 0 saturated heterocycles. The van der Waals surface area contributed by atoms with E-state index in [1.807, 2.05) is 51.1 Å². The molecule has 0 aliphatic heterocycles. The molecule has 0 atom stereocenters. The Bertz CT molecular complexity index is 550. The molecule has 2 aromatic rings. The van der Waals surface area contributed by atoms with E-state index in [1.165, 1.54) is 0 Å². The number of rotatable bonds is 2. The summed E-state index contributed by atoms with van der Waals surface area (Å²) in [6.45, 7) is 5.91. The standard InChI is InChI=1S/C14H16N2O/c1-9-7-10(2)13(8-12(9)15)17-14-6-4-5-11(3)16-14/h4-8H,15H2,1-3H3. The number of aryl methyl sites for hydroxylation is 3. The average Bonchev–Trinajstić information content (AvgIpc) is 2.26. The number of nitrogen functional groups attached to an aromatic ring is 1. The van der Waals surface area contributed by atoms with Crippen LogP contribution in [0.4, 0.5) is 5.69 Å². The number of hydrogen-bond donors (Lipinski definition) is 1. The number of anilines is 1. The molecule has 2 N–H and O–H groups in total. The second-order valence-corrected chi connectivity index (χ2v) is 4.19. The van der Waals surface area contributed by atoms with E-state index in [0.717, 1.165) is 28.3 Å². The Morgan fingerprint density at radius 2 is 1.82 bits per heavy atom. The lowest BCUT2D eigenvalue weighted by Crippen LogP contribution is -1.95. The van der Waals surface area contributed by atoms with Crippen LogP contribution in [0.5, 0.6) is 11.6 Å². The van der Waals surface area contributed by atoms with Crippen molar-refractivity contribution in [3.8, 4) is 11.6 Å². The van der Waals surface area contributed by atoms with E-state index in [4.69, 9.17) is 10.5 Å². The third kappa shape index (κ3) is 2.56. The molecule has 0 bridgehead atoms. The zero-order valence-electron chi connectivity index (χ0n) is 10.3. The van der Waals surface area contributed by atoms with Crippen molar-refractivity contribution in [1.82, 2.24) is 4.98 Å². The summed E-state index contributed by atoms with van der Waals surface area (Å²) in [5, 5.41) is 0. The van der Waals surface area contributed by atoms with Crippen LogP contribution in [-0.4, -0.2) is 4.98 Å². The van der Waals surface area contributed by atoms with Crippen LogP contribution in [0.3, 0.4) is 0 Å². The minimum atomic E-state index is 0.594. The predicted octanol–water partition coefficient (Wildman–Crippen LogP) is 3.38. The van der Waals surface area contributed by atoms with E-state index < -0.39 is 0 Å². The Kier molecular flexibility index (Phi) is 3.00. The molecular formula is C14H16N2O. The molecule has 1 heterocycles. The number of benzene rings is 1. The van der Waals surface area contributed by atoms with Gasteiger partial charge in [-0.1, -0.05) is 12.1 Å². The smallest absolute Gasteiger partial charge is 0.219 e. The fourth-order valence-electron chi connectivity index (χ4n) is 1.65. The third-order valence-corrected chi connectivity index (χ3v) is 2.64. The molecule has 0 fully saturated rings. The summed E-state index contributed by atoms with van der Waals surface area (Å²) < 4.78 is 5.73. The highest BCUT2D eigenvalue weighted by atomic mass is 16.5. The molecular weight excluding hydrogens is 212 g/mol. The molecule has 0 aliphatic rings. The lowest BCUT2D eigenvalue weighted by atomic mass is 10.1. The van der Waals surface area contributed by atoms with Gasteiger partial charge in [0.1, 0.15) is 5.75 Å². The average molecular weight is 228 g/mol. The van der Waals surface area contributed by atoms with Gasteiger partial charge in [0, 0.05) is 23.5 Å². The van der Waals surface area contributed by atoms with Gasteiger partial charge in [-0.15, -0.1) is 0 Å². The van der Waals surface area contributed by atoms with Gasteiger partial charge in [-0.3, -0.25) is 0 Å². The summed E-state index contributed by atoms with van der Waals surface area (Å²) >= 11 is 0. The normalized spacial score (nSPS) is 10.3. The van der Waals surface area contributed by atoms with Crippen molar-refractivity contribution >= 4 is 5.69 Å². The van der Waals surface area contributed by atoms with Crippen molar-refractivity contribution < 1.29 is 4.74 Å². The Morgan fingerprint density at radius 1 is 1.06 bits per heavy atom. The minimum Gasteiger partial charge on any atom is -0.439 e. The second kappa shape index (κ2) is 4.45. The van der Waals surface area contributed by atoms with Crippen molar-refractivity contribution in [2.45, 2.75) is 20.8 Å². The van der Waals surface area contributed by atoms with Crippen LogP contribution in [0.1, 0.15) is 16.8 Å². The molecule has 0 saturated carbocycles. The summed E-state index contributed by atoms with van der Waals surface area (Å²) in [7, 11) is 0. The largest absolute Gasteiger partial charge is 0.439 e. The second-order valence-electron chi connectivity index (χ2n) is 4.19. The SMILES string of the molecule is Cc1cccc(Oc2cc(N)c(C)cc2C)n1. The molecule has 0 aliphatic carbocycles. The lowest BCUT2D eigenvalue weighted by Gasteiger charge is -2.10. The van der Waals surface area contributed by atoms with Crippen molar-refractivity contribution in [2.24, 2.45) is 0 Å². The van der Waals surface area contributed by atoms with Crippen LogP contribution in [-0.2, 0) is 0 Å². The van der Waals surface area contributed by atoms with Gasteiger partial charge in [0.25, 0.3) is 0 Å². The highest BCUT2D eigenvalue weighted by Gasteiger charge is 2.05. The predicted molar refractivity (Wildman–Crippen MR) is 69.4 cm³/mol. The van der Waals surface area contributed by atoms with Gasteiger partial charge in [0.15, 0.2) is 0 Å². The molecule has 1 aromatic carbocycles. The minimum absolute atomic E-state index is 0.594. The quantitative estimate of drug-likeness (QED) is 0.801. The van der Waals surface area contributed by atoms with E-state index in [9.17, 15) is 0 Å². The third-order valence-electron chi connectivity index (χ3n) is 2.64.